The van der Waals surface area contributed by atoms with Crippen LogP contribution in [0.25, 0.3) is 0 Å². The molecule has 2 aliphatic rings. The summed E-state index contributed by atoms with van der Waals surface area (Å²) >= 11 is 27.4. The van der Waals surface area contributed by atoms with Gasteiger partial charge in [0.25, 0.3) is 11.5 Å². The SMILES string of the molecule is O=C(NC(NC(=S)N1C[C@H]2C[C@@H](C1)c1cccc(=O)n1C2)C(Cl)(Cl)Cl)c1ccc(Br)cc1. The average molecular weight is 579 g/mol. The van der Waals surface area contributed by atoms with E-state index in [0.717, 1.165) is 16.6 Å². The molecule has 2 aliphatic heterocycles. The van der Waals surface area contributed by atoms with Crippen LogP contribution in [-0.4, -0.2) is 43.5 Å². The monoisotopic (exact) mass is 576 g/mol. The van der Waals surface area contributed by atoms with Gasteiger partial charge < -0.3 is 20.1 Å². The molecule has 1 aromatic heterocycles. The molecule has 11 heteroatoms. The van der Waals surface area contributed by atoms with Gasteiger partial charge in [0.2, 0.25) is 3.79 Å². The van der Waals surface area contributed by atoms with Crippen molar-refractivity contribution in [3.05, 3.63) is 68.5 Å². The van der Waals surface area contributed by atoms with E-state index in [1.165, 1.54) is 0 Å². The zero-order valence-corrected chi connectivity index (χ0v) is 21.4. The van der Waals surface area contributed by atoms with Crippen molar-refractivity contribution in [3.63, 3.8) is 0 Å². The molecule has 32 heavy (non-hydrogen) atoms. The molecule has 0 spiro atoms. The van der Waals surface area contributed by atoms with Gasteiger partial charge in [-0.25, -0.2) is 0 Å². The number of amides is 1. The molecule has 1 saturated heterocycles. The van der Waals surface area contributed by atoms with Gasteiger partial charge in [-0.3, -0.25) is 9.59 Å². The van der Waals surface area contributed by atoms with Crippen molar-refractivity contribution in [1.82, 2.24) is 20.1 Å². The fourth-order valence-corrected chi connectivity index (χ4v) is 5.15. The Morgan fingerprint density at radius 3 is 2.50 bits per heavy atom. The maximum Gasteiger partial charge on any atom is 0.252 e. The Morgan fingerprint density at radius 2 is 1.81 bits per heavy atom. The van der Waals surface area contributed by atoms with Gasteiger partial charge in [0.05, 0.1) is 0 Å². The number of aromatic nitrogens is 1. The Bertz CT molecular complexity index is 1090. The summed E-state index contributed by atoms with van der Waals surface area (Å²) < 4.78 is 0.876. The maximum atomic E-state index is 12.7. The molecule has 2 aromatic rings. The Kier molecular flexibility index (Phi) is 7.08. The van der Waals surface area contributed by atoms with Crippen LogP contribution < -0.4 is 16.2 Å². The second kappa shape index (κ2) is 9.50. The van der Waals surface area contributed by atoms with Crippen LogP contribution in [0.3, 0.4) is 0 Å². The lowest BCUT2D eigenvalue weighted by molar-refractivity contribution is 0.0932. The highest BCUT2D eigenvalue weighted by molar-refractivity contribution is 9.10. The number of rotatable bonds is 3. The number of nitrogens with zero attached hydrogens (tertiary/aromatic N) is 2. The van der Waals surface area contributed by atoms with Crippen LogP contribution >= 0.6 is 63.0 Å². The Balaban J connectivity index is 1.47. The minimum absolute atomic E-state index is 0.0262. The number of pyridine rings is 1. The van der Waals surface area contributed by atoms with Gasteiger partial charge in [-0.1, -0.05) is 56.8 Å². The van der Waals surface area contributed by atoms with E-state index in [0.29, 0.717) is 30.3 Å². The largest absolute Gasteiger partial charge is 0.348 e. The quantitative estimate of drug-likeness (QED) is 0.327. The maximum absolute atomic E-state index is 12.7. The van der Waals surface area contributed by atoms with Gasteiger partial charge in [-0.2, -0.15) is 0 Å². The van der Waals surface area contributed by atoms with E-state index in [-0.39, 0.29) is 17.4 Å². The minimum atomic E-state index is -1.83. The predicted octanol–water partition coefficient (Wildman–Crippen LogP) is 4.03. The van der Waals surface area contributed by atoms with E-state index in [4.69, 9.17) is 47.0 Å². The number of thiocarbonyl (C=S) groups is 1. The molecular formula is C21H20BrCl3N4O2S. The summed E-state index contributed by atoms with van der Waals surface area (Å²) in [6.07, 6.45) is -0.0376. The summed E-state index contributed by atoms with van der Waals surface area (Å²) in [4.78, 5) is 26.9. The van der Waals surface area contributed by atoms with Gasteiger partial charge in [0.15, 0.2) is 5.11 Å². The Labute approximate surface area is 214 Å². The van der Waals surface area contributed by atoms with Gasteiger partial charge in [0.1, 0.15) is 6.17 Å². The van der Waals surface area contributed by atoms with E-state index in [1.54, 1.807) is 36.4 Å². The highest BCUT2D eigenvalue weighted by Gasteiger charge is 2.39. The molecule has 0 saturated carbocycles. The lowest BCUT2D eigenvalue weighted by Gasteiger charge is -2.44. The molecule has 4 rings (SSSR count). The van der Waals surface area contributed by atoms with Gasteiger partial charge in [0, 0.05) is 47.3 Å². The molecule has 3 atom stereocenters. The third-order valence-corrected chi connectivity index (χ3v) is 7.30. The molecular weight excluding hydrogens is 559 g/mol. The summed E-state index contributed by atoms with van der Waals surface area (Å²) in [5, 5.41) is 6.12. The number of piperidine rings is 1. The highest BCUT2D eigenvalue weighted by atomic mass is 79.9. The number of alkyl halides is 3. The zero-order valence-electron chi connectivity index (χ0n) is 16.7. The first kappa shape index (κ1) is 23.8. The van der Waals surface area contributed by atoms with Crippen molar-refractivity contribution in [2.45, 2.75) is 28.8 Å². The molecule has 3 heterocycles. The van der Waals surface area contributed by atoms with Crippen molar-refractivity contribution in [1.29, 1.82) is 0 Å². The van der Waals surface area contributed by atoms with Crippen LogP contribution in [0.4, 0.5) is 0 Å². The van der Waals surface area contributed by atoms with Crippen molar-refractivity contribution in [2.24, 2.45) is 5.92 Å². The van der Waals surface area contributed by atoms with E-state index in [9.17, 15) is 9.59 Å². The van der Waals surface area contributed by atoms with E-state index in [1.807, 2.05) is 15.5 Å². The zero-order chi connectivity index (χ0) is 23.0. The average Bonchev–Trinajstić information content (AvgIpc) is 2.73. The number of nitrogens with one attached hydrogen (secondary N) is 2. The second-order valence-electron chi connectivity index (χ2n) is 8.01. The van der Waals surface area contributed by atoms with Crippen LogP contribution in [0.1, 0.15) is 28.4 Å². The first-order valence-electron chi connectivity index (χ1n) is 10.00. The molecule has 1 amide bonds. The van der Waals surface area contributed by atoms with Gasteiger partial charge >= 0.3 is 0 Å². The lowest BCUT2D eigenvalue weighted by Crippen LogP contribution is -2.60. The number of fused-ring (bicyclic) bond motifs is 4. The standard InChI is InChI=1S/C21H20BrCl3N4O2S/c22-15-6-4-13(5-7-15)18(31)26-19(21(23,24)25)27-20(32)28-9-12-8-14(11-28)16-2-1-3-17(30)29(16)10-12/h1-7,12,14,19H,8-11H2,(H,26,31)(H,27,32)/t12-,14+,19?/m1/s1. The number of likely N-dealkylation sites (tertiary alicyclic amines) is 1. The first-order chi connectivity index (χ1) is 15.1. The number of hydrogen-bond donors (Lipinski definition) is 2. The molecule has 2 bridgehead atoms. The third kappa shape index (κ3) is 5.25. The number of hydrogen-bond acceptors (Lipinski definition) is 3. The first-order valence-corrected chi connectivity index (χ1v) is 12.3. The van der Waals surface area contributed by atoms with Crippen molar-refractivity contribution < 1.29 is 4.79 Å². The van der Waals surface area contributed by atoms with E-state index in [2.05, 4.69) is 26.6 Å². The molecule has 6 nitrogen and oxygen atoms in total. The predicted molar refractivity (Wildman–Crippen MR) is 135 cm³/mol. The van der Waals surface area contributed by atoms with Gasteiger partial charge in [-0.15, -0.1) is 0 Å². The topological polar surface area (TPSA) is 66.4 Å². The fraction of sp³-hybridized carbons (Fsp3) is 0.381. The Hall–Kier alpha value is -1.32. The summed E-state index contributed by atoms with van der Waals surface area (Å²) in [6.45, 7) is 1.97. The van der Waals surface area contributed by atoms with Crippen LogP contribution in [0.5, 0.6) is 0 Å². The van der Waals surface area contributed by atoms with E-state index >= 15 is 0 Å². The van der Waals surface area contributed by atoms with Gasteiger partial charge in [-0.05, 0) is 54.9 Å². The van der Waals surface area contributed by atoms with Crippen LogP contribution in [0, 0.1) is 5.92 Å². The lowest BCUT2D eigenvalue weighted by atomic mass is 9.83. The fourth-order valence-electron chi connectivity index (χ4n) is 4.29. The minimum Gasteiger partial charge on any atom is -0.348 e. The number of halogens is 4. The number of carbonyl (C=O) groups excluding carboxylic acids is 1. The smallest absolute Gasteiger partial charge is 0.252 e. The molecule has 0 aliphatic carbocycles. The Morgan fingerprint density at radius 1 is 1.09 bits per heavy atom. The second-order valence-corrected chi connectivity index (χ2v) is 11.7. The van der Waals surface area contributed by atoms with Crippen molar-refractivity contribution in [3.8, 4) is 0 Å². The normalized spacial score (nSPS) is 20.8. The van der Waals surface area contributed by atoms with Crippen LogP contribution in [-0.2, 0) is 6.54 Å². The number of carbonyl (C=O) groups is 1. The summed E-state index contributed by atoms with van der Waals surface area (Å²) in [6, 6.07) is 12.2. The van der Waals surface area contributed by atoms with Crippen LogP contribution in [0.2, 0.25) is 0 Å². The number of benzene rings is 1. The molecule has 170 valence electrons. The summed E-state index contributed by atoms with van der Waals surface area (Å²) in [7, 11) is 0. The molecule has 1 fully saturated rings. The van der Waals surface area contributed by atoms with E-state index < -0.39 is 15.9 Å². The molecule has 1 unspecified atom stereocenters. The summed E-state index contributed by atoms with van der Waals surface area (Å²) in [5.74, 6) is 0.0670. The molecule has 0 radical (unpaired) electrons. The molecule has 2 N–H and O–H groups in total. The summed E-state index contributed by atoms with van der Waals surface area (Å²) in [5.41, 5.74) is 1.47. The highest BCUT2D eigenvalue weighted by Crippen LogP contribution is 2.35. The van der Waals surface area contributed by atoms with Crippen molar-refractivity contribution >= 4 is 74.0 Å². The third-order valence-electron chi connectivity index (χ3n) is 5.74. The van der Waals surface area contributed by atoms with Crippen LogP contribution in [0.15, 0.2) is 51.7 Å². The molecule has 1 aromatic carbocycles. The van der Waals surface area contributed by atoms with Crippen molar-refractivity contribution in [2.75, 3.05) is 13.1 Å².